The lowest BCUT2D eigenvalue weighted by molar-refractivity contribution is -0.126. The summed E-state index contributed by atoms with van der Waals surface area (Å²) < 4.78 is 5.23. The van der Waals surface area contributed by atoms with E-state index in [4.69, 9.17) is 4.74 Å². The summed E-state index contributed by atoms with van der Waals surface area (Å²) >= 11 is 0. The fraction of sp³-hybridized carbons (Fsp3) is 0.355. The fourth-order valence-corrected chi connectivity index (χ4v) is 5.00. The summed E-state index contributed by atoms with van der Waals surface area (Å²) in [6, 6.07) is 22.4. The molecule has 194 valence electrons. The van der Waals surface area contributed by atoms with Crippen LogP contribution in [-0.2, 0) is 9.59 Å². The molecule has 1 aliphatic carbocycles. The average Bonchev–Trinajstić information content (AvgIpc) is 2.91. The van der Waals surface area contributed by atoms with Crippen LogP contribution in [0.4, 0.5) is 11.4 Å². The maximum absolute atomic E-state index is 14.0. The highest BCUT2D eigenvalue weighted by Gasteiger charge is 2.34. The molecule has 37 heavy (non-hydrogen) atoms. The quantitative estimate of drug-likeness (QED) is 0.382. The Hall–Kier alpha value is -3.80. The number of nitrogens with one attached hydrogen (secondary N) is 2. The average molecular weight is 500 g/mol. The molecule has 0 saturated heterocycles. The van der Waals surface area contributed by atoms with Crippen LogP contribution >= 0.6 is 0 Å². The highest BCUT2D eigenvalue weighted by atomic mass is 16.5. The standard InChI is InChI=1S/C31H37N3O3/c1-22-10-9-14-26(20-22)34(29(35)21-32-24-16-18-27(37-3)19-17-24)30(28-15-8-7-11-23(28)2)31(36)33-25-12-5-4-6-13-25/h7-11,14-20,25,30,32H,4-6,12-13,21H2,1-3H3,(H,33,36). The molecule has 1 saturated carbocycles. The number of anilines is 2. The monoisotopic (exact) mass is 499 g/mol. The number of amides is 2. The van der Waals surface area contributed by atoms with Gasteiger partial charge in [0.05, 0.1) is 13.7 Å². The minimum atomic E-state index is -0.782. The van der Waals surface area contributed by atoms with E-state index in [-0.39, 0.29) is 24.4 Å². The van der Waals surface area contributed by atoms with Gasteiger partial charge < -0.3 is 15.4 Å². The summed E-state index contributed by atoms with van der Waals surface area (Å²) in [5, 5.41) is 6.51. The number of methoxy groups -OCH3 is 1. The molecule has 0 aliphatic heterocycles. The molecule has 6 heteroatoms. The molecule has 3 aromatic rings. The van der Waals surface area contributed by atoms with Crippen molar-refractivity contribution in [1.29, 1.82) is 0 Å². The van der Waals surface area contributed by atoms with Crippen LogP contribution < -0.4 is 20.3 Å². The molecule has 0 bridgehead atoms. The van der Waals surface area contributed by atoms with E-state index in [2.05, 4.69) is 10.6 Å². The smallest absolute Gasteiger partial charge is 0.248 e. The second-order valence-corrected chi connectivity index (χ2v) is 9.79. The zero-order chi connectivity index (χ0) is 26.2. The third-order valence-corrected chi connectivity index (χ3v) is 7.02. The van der Waals surface area contributed by atoms with Crippen molar-refractivity contribution in [1.82, 2.24) is 5.32 Å². The summed E-state index contributed by atoms with van der Waals surface area (Å²) in [5.41, 5.74) is 4.33. The van der Waals surface area contributed by atoms with E-state index in [0.717, 1.165) is 53.8 Å². The van der Waals surface area contributed by atoms with Gasteiger partial charge in [-0.2, -0.15) is 0 Å². The molecule has 1 fully saturated rings. The van der Waals surface area contributed by atoms with Gasteiger partial charge in [0.1, 0.15) is 11.8 Å². The minimum Gasteiger partial charge on any atom is -0.497 e. The first-order valence-corrected chi connectivity index (χ1v) is 13.1. The highest BCUT2D eigenvalue weighted by molar-refractivity contribution is 6.03. The van der Waals surface area contributed by atoms with Gasteiger partial charge in [-0.1, -0.05) is 55.7 Å². The van der Waals surface area contributed by atoms with Crippen LogP contribution in [0, 0.1) is 13.8 Å². The molecule has 4 rings (SSSR count). The van der Waals surface area contributed by atoms with E-state index in [0.29, 0.717) is 5.69 Å². The second kappa shape index (κ2) is 12.4. The Morgan fingerprint density at radius 2 is 1.68 bits per heavy atom. The highest BCUT2D eigenvalue weighted by Crippen LogP contribution is 2.31. The van der Waals surface area contributed by atoms with E-state index in [1.54, 1.807) is 12.0 Å². The Morgan fingerprint density at radius 1 is 0.946 bits per heavy atom. The molecule has 0 radical (unpaired) electrons. The van der Waals surface area contributed by atoms with Crippen molar-refractivity contribution in [2.24, 2.45) is 0 Å². The Balaban J connectivity index is 1.69. The molecule has 2 N–H and O–H groups in total. The van der Waals surface area contributed by atoms with Gasteiger partial charge in [-0.3, -0.25) is 14.5 Å². The largest absolute Gasteiger partial charge is 0.497 e. The van der Waals surface area contributed by atoms with Gasteiger partial charge in [-0.05, 0) is 79.8 Å². The minimum absolute atomic E-state index is 0.0410. The third kappa shape index (κ3) is 6.70. The van der Waals surface area contributed by atoms with Gasteiger partial charge in [0.25, 0.3) is 0 Å². The van der Waals surface area contributed by atoms with Crippen molar-refractivity contribution in [3.63, 3.8) is 0 Å². The molecule has 0 spiro atoms. The Bertz CT molecular complexity index is 1200. The SMILES string of the molecule is COc1ccc(NCC(=O)N(c2cccc(C)c2)C(C(=O)NC2CCCCC2)c2ccccc2C)cc1. The molecular formula is C31H37N3O3. The van der Waals surface area contributed by atoms with Crippen molar-refractivity contribution < 1.29 is 14.3 Å². The van der Waals surface area contributed by atoms with Crippen LogP contribution in [0.3, 0.4) is 0 Å². The van der Waals surface area contributed by atoms with E-state index >= 15 is 0 Å². The van der Waals surface area contributed by atoms with E-state index in [1.807, 2.05) is 86.6 Å². The van der Waals surface area contributed by atoms with Crippen LogP contribution in [0.5, 0.6) is 5.75 Å². The van der Waals surface area contributed by atoms with Crippen molar-refractivity contribution >= 4 is 23.2 Å². The number of carbonyl (C=O) groups is 2. The predicted molar refractivity (Wildman–Crippen MR) is 149 cm³/mol. The van der Waals surface area contributed by atoms with Crippen molar-refractivity contribution in [2.45, 2.75) is 58.0 Å². The first kappa shape index (κ1) is 26.3. The van der Waals surface area contributed by atoms with Crippen LogP contribution in [0.25, 0.3) is 0 Å². The zero-order valence-corrected chi connectivity index (χ0v) is 22.0. The van der Waals surface area contributed by atoms with Gasteiger partial charge in [0.2, 0.25) is 11.8 Å². The van der Waals surface area contributed by atoms with Crippen LogP contribution in [0.2, 0.25) is 0 Å². The lowest BCUT2D eigenvalue weighted by atomic mass is 9.93. The maximum atomic E-state index is 14.0. The summed E-state index contributed by atoms with van der Waals surface area (Å²) in [4.78, 5) is 29.6. The van der Waals surface area contributed by atoms with Crippen LogP contribution in [0.1, 0.15) is 54.8 Å². The lowest BCUT2D eigenvalue weighted by Crippen LogP contribution is -2.48. The van der Waals surface area contributed by atoms with Crippen molar-refractivity contribution in [3.8, 4) is 5.75 Å². The molecule has 0 heterocycles. The Kier molecular flexibility index (Phi) is 8.83. The molecule has 6 nitrogen and oxygen atoms in total. The van der Waals surface area contributed by atoms with E-state index < -0.39 is 6.04 Å². The number of rotatable bonds is 9. The first-order chi connectivity index (χ1) is 18.0. The zero-order valence-electron chi connectivity index (χ0n) is 22.0. The number of hydrogen-bond donors (Lipinski definition) is 2. The number of nitrogens with zero attached hydrogens (tertiary/aromatic N) is 1. The third-order valence-electron chi connectivity index (χ3n) is 7.02. The predicted octanol–water partition coefficient (Wildman–Crippen LogP) is 5.95. The molecule has 3 aromatic carbocycles. The van der Waals surface area contributed by atoms with Gasteiger partial charge in [0.15, 0.2) is 0 Å². The molecule has 1 unspecified atom stereocenters. The molecule has 1 aliphatic rings. The second-order valence-electron chi connectivity index (χ2n) is 9.79. The first-order valence-electron chi connectivity index (χ1n) is 13.1. The molecular weight excluding hydrogens is 462 g/mol. The van der Waals surface area contributed by atoms with Gasteiger partial charge in [-0.25, -0.2) is 0 Å². The van der Waals surface area contributed by atoms with Gasteiger partial charge in [-0.15, -0.1) is 0 Å². The lowest BCUT2D eigenvalue weighted by Gasteiger charge is -2.34. The van der Waals surface area contributed by atoms with E-state index in [1.165, 1.54) is 6.42 Å². The molecule has 1 atom stereocenters. The van der Waals surface area contributed by atoms with E-state index in [9.17, 15) is 9.59 Å². The number of hydrogen-bond acceptors (Lipinski definition) is 4. The molecule has 2 amide bonds. The topological polar surface area (TPSA) is 70.7 Å². The molecule has 0 aromatic heterocycles. The van der Waals surface area contributed by atoms with Crippen molar-refractivity contribution in [3.05, 3.63) is 89.5 Å². The summed E-state index contributed by atoms with van der Waals surface area (Å²) in [7, 11) is 1.62. The fourth-order valence-electron chi connectivity index (χ4n) is 5.00. The van der Waals surface area contributed by atoms with Crippen LogP contribution in [0.15, 0.2) is 72.8 Å². The number of benzene rings is 3. The summed E-state index contributed by atoms with van der Waals surface area (Å²) in [6.07, 6.45) is 5.39. The number of ether oxygens (including phenoxy) is 1. The Labute approximate surface area is 220 Å². The van der Waals surface area contributed by atoms with Crippen LogP contribution in [-0.4, -0.2) is 31.5 Å². The van der Waals surface area contributed by atoms with Crippen molar-refractivity contribution in [2.75, 3.05) is 23.9 Å². The Morgan fingerprint density at radius 3 is 2.35 bits per heavy atom. The van der Waals surface area contributed by atoms with Gasteiger partial charge in [0, 0.05) is 17.4 Å². The summed E-state index contributed by atoms with van der Waals surface area (Å²) in [6.45, 7) is 4.02. The summed E-state index contributed by atoms with van der Waals surface area (Å²) in [5.74, 6) is 0.422. The number of aryl methyl sites for hydroxylation is 2. The normalized spacial score (nSPS) is 14.5. The van der Waals surface area contributed by atoms with Gasteiger partial charge >= 0.3 is 0 Å². The maximum Gasteiger partial charge on any atom is 0.248 e. The number of carbonyl (C=O) groups excluding carboxylic acids is 2.